The Morgan fingerprint density at radius 2 is 1.88 bits per heavy atom. The van der Waals surface area contributed by atoms with E-state index in [1.165, 1.54) is 18.7 Å². The summed E-state index contributed by atoms with van der Waals surface area (Å²) >= 11 is 0. The number of rotatable bonds is 2. The second-order valence-electron chi connectivity index (χ2n) is 7.36. The molecule has 3 heterocycles. The van der Waals surface area contributed by atoms with Gasteiger partial charge in [-0.25, -0.2) is 9.97 Å². The van der Waals surface area contributed by atoms with Gasteiger partial charge in [-0.2, -0.15) is 0 Å². The van der Waals surface area contributed by atoms with E-state index in [0.717, 1.165) is 19.3 Å². The van der Waals surface area contributed by atoms with E-state index in [0.29, 0.717) is 25.2 Å². The van der Waals surface area contributed by atoms with Gasteiger partial charge in [0, 0.05) is 39.0 Å². The molecule has 0 bridgehead atoms. The molecule has 3 rings (SSSR count). The van der Waals surface area contributed by atoms with E-state index in [-0.39, 0.29) is 23.8 Å². The number of carbonyl (C=O) groups is 2. The molecule has 130 valence electrons. The fraction of sp³-hybridized carbons (Fsp3) is 0.647. The molecular weight excluding hydrogens is 308 g/mol. The zero-order valence-electron chi connectivity index (χ0n) is 14.2. The molecule has 2 aliphatic heterocycles. The van der Waals surface area contributed by atoms with E-state index in [1.807, 2.05) is 11.8 Å². The number of aliphatic hydroxyl groups excluding tert-OH is 1. The fourth-order valence-electron chi connectivity index (χ4n) is 4.23. The highest BCUT2D eigenvalue weighted by molar-refractivity contribution is 5.93. The van der Waals surface area contributed by atoms with E-state index in [1.54, 1.807) is 11.8 Å². The first-order valence-electron chi connectivity index (χ1n) is 8.33. The summed E-state index contributed by atoms with van der Waals surface area (Å²) in [6.07, 6.45) is 6.95. The summed E-state index contributed by atoms with van der Waals surface area (Å²) in [4.78, 5) is 35.9. The number of carbonyl (C=O) groups excluding carboxylic acids is 2. The van der Waals surface area contributed by atoms with E-state index < -0.39 is 5.54 Å². The first kappa shape index (κ1) is 16.8. The molecule has 1 spiro atoms. The lowest BCUT2D eigenvalue weighted by molar-refractivity contribution is -0.134. The minimum atomic E-state index is -0.495. The van der Waals surface area contributed by atoms with Crippen LogP contribution in [0.25, 0.3) is 0 Å². The first-order chi connectivity index (χ1) is 11.4. The summed E-state index contributed by atoms with van der Waals surface area (Å²) in [5, 5.41) is 9.78. The van der Waals surface area contributed by atoms with Crippen molar-refractivity contribution in [3.63, 3.8) is 0 Å². The average molecular weight is 332 g/mol. The zero-order valence-corrected chi connectivity index (χ0v) is 14.2. The fourth-order valence-corrected chi connectivity index (χ4v) is 4.23. The molecule has 0 saturated carbocycles. The van der Waals surface area contributed by atoms with E-state index in [9.17, 15) is 14.7 Å². The van der Waals surface area contributed by atoms with Crippen molar-refractivity contribution in [2.45, 2.75) is 38.6 Å². The lowest BCUT2D eigenvalue weighted by Crippen LogP contribution is -2.46. The molecule has 2 fully saturated rings. The topological polar surface area (TPSA) is 86.6 Å². The van der Waals surface area contributed by atoms with Crippen molar-refractivity contribution in [3.05, 3.63) is 24.3 Å². The molecule has 0 unspecified atom stereocenters. The second-order valence-corrected chi connectivity index (χ2v) is 7.36. The molecule has 7 heteroatoms. The third kappa shape index (κ3) is 2.88. The molecule has 0 radical (unpaired) electrons. The third-order valence-corrected chi connectivity index (χ3v) is 5.54. The highest BCUT2D eigenvalue weighted by atomic mass is 16.3. The summed E-state index contributed by atoms with van der Waals surface area (Å²) in [6.45, 7) is 5.44. The van der Waals surface area contributed by atoms with Crippen LogP contribution in [0.3, 0.4) is 0 Å². The Hall–Kier alpha value is -2.02. The van der Waals surface area contributed by atoms with Crippen molar-refractivity contribution in [2.75, 3.05) is 26.2 Å². The highest BCUT2D eigenvalue weighted by Crippen LogP contribution is 2.48. The second kappa shape index (κ2) is 6.12. The molecule has 1 N–H and O–H groups in total. The molecule has 0 aromatic carbocycles. The summed E-state index contributed by atoms with van der Waals surface area (Å²) in [6, 6.07) is 0. The maximum atomic E-state index is 12.5. The molecule has 0 aliphatic carbocycles. The van der Waals surface area contributed by atoms with Crippen LogP contribution in [0.5, 0.6) is 0 Å². The van der Waals surface area contributed by atoms with Gasteiger partial charge >= 0.3 is 0 Å². The van der Waals surface area contributed by atoms with Gasteiger partial charge in [-0.1, -0.05) is 0 Å². The van der Waals surface area contributed by atoms with E-state index in [4.69, 9.17) is 0 Å². The minimum absolute atomic E-state index is 0.00312. The van der Waals surface area contributed by atoms with Gasteiger partial charge in [-0.05, 0) is 31.6 Å². The predicted molar refractivity (Wildman–Crippen MR) is 87.1 cm³/mol. The molecule has 2 aliphatic rings. The van der Waals surface area contributed by atoms with Crippen LogP contribution in [0.1, 0.15) is 43.5 Å². The SMILES string of the molecule is CC(=O)N1CC2(CCN(C(=O)c3cncnc3)CC2)C[C@@]1(C)CO. The van der Waals surface area contributed by atoms with E-state index in [2.05, 4.69) is 9.97 Å². The molecule has 1 atom stereocenters. The Kier molecular flexibility index (Phi) is 4.29. The van der Waals surface area contributed by atoms with Crippen LogP contribution in [0.4, 0.5) is 0 Å². The van der Waals surface area contributed by atoms with Crippen molar-refractivity contribution < 1.29 is 14.7 Å². The predicted octanol–water partition coefficient (Wildman–Crippen LogP) is 0.702. The Morgan fingerprint density at radius 3 is 2.38 bits per heavy atom. The van der Waals surface area contributed by atoms with Crippen LogP contribution < -0.4 is 0 Å². The van der Waals surface area contributed by atoms with Crippen LogP contribution in [-0.4, -0.2) is 68.5 Å². The monoisotopic (exact) mass is 332 g/mol. The number of amides is 2. The van der Waals surface area contributed by atoms with Gasteiger partial charge in [0.15, 0.2) is 0 Å². The smallest absolute Gasteiger partial charge is 0.256 e. The molecule has 24 heavy (non-hydrogen) atoms. The van der Waals surface area contributed by atoms with Gasteiger partial charge in [0.05, 0.1) is 17.7 Å². The summed E-state index contributed by atoms with van der Waals surface area (Å²) < 4.78 is 0. The molecule has 1 aromatic heterocycles. The van der Waals surface area contributed by atoms with Crippen molar-refractivity contribution >= 4 is 11.8 Å². The number of hydrogen-bond acceptors (Lipinski definition) is 5. The normalized spacial score (nSPS) is 26.0. The highest BCUT2D eigenvalue weighted by Gasteiger charge is 2.52. The quantitative estimate of drug-likeness (QED) is 0.861. The largest absolute Gasteiger partial charge is 0.394 e. The number of aromatic nitrogens is 2. The molecule has 2 amide bonds. The van der Waals surface area contributed by atoms with Crippen molar-refractivity contribution in [1.29, 1.82) is 0 Å². The summed E-state index contributed by atoms with van der Waals surface area (Å²) in [7, 11) is 0. The van der Waals surface area contributed by atoms with Gasteiger partial charge in [0.25, 0.3) is 5.91 Å². The average Bonchev–Trinajstić information content (AvgIpc) is 2.89. The number of likely N-dealkylation sites (tertiary alicyclic amines) is 2. The lowest BCUT2D eigenvalue weighted by Gasteiger charge is -2.39. The maximum absolute atomic E-state index is 12.5. The number of piperidine rings is 1. The Morgan fingerprint density at radius 1 is 1.25 bits per heavy atom. The van der Waals surface area contributed by atoms with Crippen LogP contribution in [0.15, 0.2) is 18.7 Å². The molecule has 2 saturated heterocycles. The Labute approximate surface area is 141 Å². The summed E-state index contributed by atoms with van der Waals surface area (Å²) in [5.74, 6) is -0.0415. The van der Waals surface area contributed by atoms with Gasteiger partial charge in [-0.15, -0.1) is 0 Å². The standard InChI is InChI=1S/C17H24N4O3/c1-13(23)21-10-17(9-16(21,2)11-22)3-5-20(6-4-17)15(24)14-7-18-12-19-8-14/h7-8,12,22H,3-6,9-11H2,1-2H3/t16-/m0/s1. The number of aliphatic hydroxyl groups is 1. The van der Waals surface area contributed by atoms with Crippen LogP contribution in [0.2, 0.25) is 0 Å². The molecular formula is C17H24N4O3. The summed E-state index contributed by atoms with van der Waals surface area (Å²) in [5.41, 5.74) is 0.00344. The lowest BCUT2D eigenvalue weighted by atomic mass is 9.74. The van der Waals surface area contributed by atoms with Crippen molar-refractivity contribution in [3.8, 4) is 0 Å². The zero-order chi connectivity index (χ0) is 17.4. The molecule has 7 nitrogen and oxygen atoms in total. The maximum Gasteiger partial charge on any atom is 0.256 e. The van der Waals surface area contributed by atoms with Crippen LogP contribution in [-0.2, 0) is 4.79 Å². The number of nitrogens with zero attached hydrogens (tertiary/aromatic N) is 4. The number of hydrogen-bond donors (Lipinski definition) is 1. The molecule has 1 aromatic rings. The first-order valence-corrected chi connectivity index (χ1v) is 8.33. The van der Waals surface area contributed by atoms with E-state index >= 15 is 0 Å². The van der Waals surface area contributed by atoms with Gasteiger partial charge in [0.1, 0.15) is 6.33 Å². The van der Waals surface area contributed by atoms with Crippen LogP contribution >= 0.6 is 0 Å². The van der Waals surface area contributed by atoms with Gasteiger partial charge < -0.3 is 14.9 Å². The van der Waals surface area contributed by atoms with Crippen LogP contribution in [0, 0.1) is 5.41 Å². The van der Waals surface area contributed by atoms with Gasteiger partial charge in [0.2, 0.25) is 5.91 Å². The Bertz CT molecular complexity index is 628. The van der Waals surface area contributed by atoms with Crippen molar-refractivity contribution in [1.82, 2.24) is 19.8 Å². The van der Waals surface area contributed by atoms with Gasteiger partial charge in [-0.3, -0.25) is 9.59 Å². The Balaban J connectivity index is 1.69. The third-order valence-electron chi connectivity index (χ3n) is 5.54. The van der Waals surface area contributed by atoms with Crippen molar-refractivity contribution in [2.24, 2.45) is 5.41 Å². The minimum Gasteiger partial charge on any atom is -0.394 e.